The SMILES string of the molecule is Cl.O=C1C[C@@H](CN2CCC(C(=O)c3ccc(F)cc3)CC2)Cc2occc21. The van der Waals surface area contributed by atoms with E-state index in [-0.39, 0.29) is 41.6 Å². The summed E-state index contributed by atoms with van der Waals surface area (Å²) in [5, 5.41) is 0. The molecule has 1 aromatic heterocycles. The molecule has 0 saturated carbocycles. The Bertz CT molecular complexity index is 809. The second-order valence-electron chi connectivity index (χ2n) is 7.40. The maximum Gasteiger partial charge on any atom is 0.166 e. The van der Waals surface area contributed by atoms with E-state index in [0.29, 0.717) is 12.0 Å². The van der Waals surface area contributed by atoms with Gasteiger partial charge in [0.05, 0.1) is 11.8 Å². The number of rotatable bonds is 4. The third-order valence-electron chi connectivity index (χ3n) is 5.60. The number of carbonyl (C=O) groups excluding carboxylic acids is 2. The van der Waals surface area contributed by atoms with E-state index in [0.717, 1.165) is 50.2 Å². The van der Waals surface area contributed by atoms with Crippen molar-refractivity contribution in [2.75, 3.05) is 19.6 Å². The molecule has 1 fully saturated rings. The van der Waals surface area contributed by atoms with E-state index in [1.54, 1.807) is 24.5 Å². The van der Waals surface area contributed by atoms with Crippen molar-refractivity contribution in [3.05, 3.63) is 59.3 Å². The van der Waals surface area contributed by atoms with Gasteiger partial charge in [-0.1, -0.05) is 0 Å². The Hall–Kier alpha value is -1.98. The second-order valence-corrected chi connectivity index (χ2v) is 7.40. The Morgan fingerprint density at radius 3 is 2.52 bits per heavy atom. The van der Waals surface area contributed by atoms with E-state index in [2.05, 4.69) is 4.90 Å². The average Bonchev–Trinajstić information content (AvgIpc) is 3.12. The molecule has 0 amide bonds. The normalized spacial score (nSPS) is 20.8. The van der Waals surface area contributed by atoms with Crippen molar-refractivity contribution in [1.82, 2.24) is 4.90 Å². The number of likely N-dealkylation sites (tertiary alicyclic amines) is 1. The number of hydrogen-bond donors (Lipinski definition) is 0. The molecule has 0 spiro atoms. The first-order chi connectivity index (χ1) is 12.6. The minimum Gasteiger partial charge on any atom is -0.469 e. The molecule has 1 aromatic carbocycles. The molecule has 1 aliphatic heterocycles. The number of ketones is 2. The first-order valence-corrected chi connectivity index (χ1v) is 9.22. The second kappa shape index (κ2) is 8.36. The van der Waals surface area contributed by atoms with Crippen molar-refractivity contribution >= 4 is 24.0 Å². The van der Waals surface area contributed by atoms with E-state index in [4.69, 9.17) is 4.42 Å². The van der Waals surface area contributed by atoms with Gasteiger partial charge < -0.3 is 9.32 Å². The number of carbonyl (C=O) groups is 2. The van der Waals surface area contributed by atoms with Crippen LogP contribution in [-0.2, 0) is 6.42 Å². The molecule has 0 unspecified atom stereocenters. The topological polar surface area (TPSA) is 50.5 Å². The van der Waals surface area contributed by atoms with Crippen molar-refractivity contribution in [3.63, 3.8) is 0 Å². The van der Waals surface area contributed by atoms with Crippen molar-refractivity contribution in [2.24, 2.45) is 11.8 Å². The molecule has 1 aliphatic carbocycles. The molecule has 2 aliphatic rings. The van der Waals surface area contributed by atoms with Gasteiger partial charge >= 0.3 is 0 Å². The molecule has 0 N–H and O–H groups in total. The Morgan fingerprint density at radius 2 is 1.81 bits per heavy atom. The summed E-state index contributed by atoms with van der Waals surface area (Å²) < 4.78 is 18.5. The highest BCUT2D eigenvalue weighted by Crippen LogP contribution is 2.29. The molecule has 0 radical (unpaired) electrons. The fourth-order valence-corrected chi connectivity index (χ4v) is 4.18. The molecular weight excluding hydrogens is 369 g/mol. The Kier molecular flexibility index (Phi) is 6.12. The highest BCUT2D eigenvalue weighted by molar-refractivity contribution is 5.98. The van der Waals surface area contributed by atoms with Gasteiger partial charge in [-0.2, -0.15) is 0 Å². The van der Waals surface area contributed by atoms with Crippen LogP contribution in [0.2, 0.25) is 0 Å². The summed E-state index contributed by atoms with van der Waals surface area (Å²) in [5.74, 6) is 1.06. The number of piperidine rings is 1. The third kappa shape index (κ3) is 4.30. The molecule has 2 aromatic rings. The number of nitrogens with zero attached hydrogens (tertiary/aromatic N) is 1. The van der Waals surface area contributed by atoms with Crippen molar-refractivity contribution in [1.29, 1.82) is 0 Å². The van der Waals surface area contributed by atoms with E-state index in [1.807, 2.05) is 0 Å². The van der Waals surface area contributed by atoms with Crippen LogP contribution in [0.5, 0.6) is 0 Å². The lowest BCUT2D eigenvalue weighted by Gasteiger charge is -2.34. The van der Waals surface area contributed by atoms with Crippen molar-refractivity contribution in [3.8, 4) is 0 Å². The summed E-state index contributed by atoms with van der Waals surface area (Å²) >= 11 is 0. The lowest BCUT2D eigenvalue weighted by molar-refractivity contribution is 0.0810. The minimum absolute atomic E-state index is 0. The smallest absolute Gasteiger partial charge is 0.166 e. The highest BCUT2D eigenvalue weighted by atomic mass is 35.5. The molecule has 6 heteroatoms. The molecule has 27 heavy (non-hydrogen) atoms. The molecule has 2 heterocycles. The largest absolute Gasteiger partial charge is 0.469 e. The van der Waals surface area contributed by atoms with Gasteiger partial charge in [-0.05, 0) is 62.2 Å². The molecule has 1 saturated heterocycles. The molecule has 0 bridgehead atoms. The van der Waals surface area contributed by atoms with Gasteiger partial charge in [-0.15, -0.1) is 12.4 Å². The maximum absolute atomic E-state index is 13.0. The summed E-state index contributed by atoms with van der Waals surface area (Å²) in [4.78, 5) is 27.1. The summed E-state index contributed by atoms with van der Waals surface area (Å²) in [6.07, 6.45) is 4.59. The van der Waals surface area contributed by atoms with Gasteiger partial charge in [0, 0.05) is 30.9 Å². The number of fused-ring (bicyclic) bond motifs is 1. The number of benzene rings is 1. The molecule has 4 nitrogen and oxygen atoms in total. The first kappa shape index (κ1) is 19.8. The average molecular weight is 392 g/mol. The van der Waals surface area contributed by atoms with E-state index in [1.165, 1.54) is 12.1 Å². The van der Waals surface area contributed by atoms with Crippen LogP contribution in [0.3, 0.4) is 0 Å². The number of furan rings is 1. The van der Waals surface area contributed by atoms with Crippen LogP contribution in [0.1, 0.15) is 45.7 Å². The lowest BCUT2D eigenvalue weighted by Crippen LogP contribution is -2.40. The summed E-state index contributed by atoms with van der Waals surface area (Å²) in [7, 11) is 0. The van der Waals surface area contributed by atoms with Crippen LogP contribution >= 0.6 is 12.4 Å². The predicted molar refractivity (Wildman–Crippen MR) is 102 cm³/mol. The Labute approximate surface area is 164 Å². The lowest BCUT2D eigenvalue weighted by atomic mass is 9.85. The van der Waals surface area contributed by atoms with Gasteiger partial charge in [0.15, 0.2) is 11.6 Å². The van der Waals surface area contributed by atoms with Crippen LogP contribution in [-0.4, -0.2) is 36.1 Å². The monoisotopic (exact) mass is 391 g/mol. The summed E-state index contributed by atoms with van der Waals surface area (Å²) in [6, 6.07) is 7.58. The van der Waals surface area contributed by atoms with Crippen LogP contribution in [0.4, 0.5) is 4.39 Å². The minimum atomic E-state index is -0.321. The Morgan fingerprint density at radius 1 is 1.11 bits per heavy atom. The van der Waals surface area contributed by atoms with Gasteiger partial charge in [-0.3, -0.25) is 9.59 Å². The van der Waals surface area contributed by atoms with Crippen molar-refractivity contribution < 1.29 is 18.4 Å². The third-order valence-corrected chi connectivity index (χ3v) is 5.60. The fourth-order valence-electron chi connectivity index (χ4n) is 4.18. The zero-order chi connectivity index (χ0) is 18.1. The highest BCUT2D eigenvalue weighted by Gasteiger charge is 2.31. The zero-order valence-corrected chi connectivity index (χ0v) is 15.8. The van der Waals surface area contributed by atoms with Gasteiger partial charge in [-0.25, -0.2) is 4.39 Å². The summed E-state index contributed by atoms with van der Waals surface area (Å²) in [6.45, 7) is 2.57. The van der Waals surface area contributed by atoms with Gasteiger partial charge in [0.2, 0.25) is 0 Å². The molecule has 1 atom stereocenters. The number of halogens is 2. The molecule has 144 valence electrons. The molecule has 4 rings (SSSR count). The fraction of sp³-hybridized carbons (Fsp3) is 0.429. The summed E-state index contributed by atoms with van der Waals surface area (Å²) in [5.41, 5.74) is 1.33. The zero-order valence-electron chi connectivity index (χ0n) is 15.0. The van der Waals surface area contributed by atoms with Crippen LogP contribution in [0.25, 0.3) is 0 Å². The standard InChI is InChI=1S/C21H22FNO3.ClH/c22-17-3-1-15(2-4-17)21(25)16-5-8-23(9-6-16)13-14-11-19(24)18-7-10-26-20(18)12-14;/h1-4,7,10,14,16H,5-6,8-9,11-13H2;1H/t14-;/m1./s1. The van der Waals surface area contributed by atoms with E-state index < -0.39 is 0 Å². The number of hydrogen-bond acceptors (Lipinski definition) is 4. The van der Waals surface area contributed by atoms with Crippen LogP contribution in [0, 0.1) is 17.7 Å². The quantitative estimate of drug-likeness (QED) is 0.733. The van der Waals surface area contributed by atoms with Crippen LogP contribution in [0.15, 0.2) is 41.0 Å². The van der Waals surface area contributed by atoms with Gasteiger partial charge in [0.25, 0.3) is 0 Å². The first-order valence-electron chi connectivity index (χ1n) is 9.22. The maximum atomic E-state index is 13.0. The predicted octanol–water partition coefficient (Wildman–Crippen LogP) is 4.18. The van der Waals surface area contributed by atoms with Crippen molar-refractivity contribution in [2.45, 2.75) is 25.7 Å². The number of Topliss-reactive ketones (excluding diaryl/α,β-unsaturated/α-hetero) is 2. The van der Waals surface area contributed by atoms with E-state index >= 15 is 0 Å². The molecular formula is C21H23ClFNO3. The van der Waals surface area contributed by atoms with Gasteiger partial charge in [0.1, 0.15) is 11.6 Å². The Balaban J connectivity index is 0.00000210. The van der Waals surface area contributed by atoms with Crippen LogP contribution < -0.4 is 0 Å². The van der Waals surface area contributed by atoms with E-state index in [9.17, 15) is 14.0 Å².